The number of carbonyl (C=O) groups is 1. The third-order valence-electron chi connectivity index (χ3n) is 4.66. The maximum absolute atomic E-state index is 10.9. The van der Waals surface area contributed by atoms with Gasteiger partial charge in [-0.2, -0.15) is 0 Å². The summed E-state index contributed by atoms with van der Waals surface area (Å²) in [5, 5.41) is 8.94. The van der Waals surface area contributed by atoms with Crippen LogP contribution >= 0.6 is 0 Å². The second-order valence-corrected chi connectivity index (χ2v) is 5.94. The van der Waals surface area contributed by atoms with E-state index in [1.807, 2.05) is 36.4 Å². The Morgan fingerprint density at radius 1 is 1.08 bits per heavy atom. The molecule has 0 aromatic heterocycles. The van der Waals surface area contributed by atoms with Crippen LogP contribution in [0.4, 0.5) is 0 Å². The summed E-state index contributed by atoms with van der Waals surface area (Å²) in [6, 6.07) is 15.9. The topological polar surface area (TPSA) is 55.8 Å². The van der Waals surface area contributed by atoms with Crippen molar-refractivity contribution in [3.63, 3.8) is 0 Å². The quantitative estimate of drug-likeness (QED) is 0.824. The van der Waals surface area contributed by atoms with Crippen molar-refractivity contribution in [3.8, 4) is 11.5 Å². The first-order chi connectivity index (χ1) is 11.6. The van der Waals surface area contributed by atoms with E-state index in [2.05, 4.69) is 12.1 Å². The van der Waals surface area contributed by atoms with Gasteiger partial charge in [-0.3, -0.25) is 0 Å². The Morgan fingerprint density at radius 3 is 2.08 bits per heavy atom. The second-order valence-electron chi connectivity index (χ2n) is 5.94. The van der Waals surface area contributed by atoms with Crippen molar-refractivity contribution in [2.45, 2.75) is 11.8 Å². The van der Waals surface area contributed by atoms with E-state index < -0.39 is 5.97 Å². The SMILES string of the molecule is COc1cccc(C2(c3cccc(OC)c3)CC2/C=C/C(=O)O)c1. The summed E-state index contributed by atoms with van der Waals surface area (Å²) < 4.78 is 10.7. The predicted molar refractivity (Wildman–Crippen MR) is 91.7 cm³/mol. The molecule has 1 saturated carbocycles. The van der Waals surface area contributed by atoms with Crippen LogP contribution < -0.4 is 9.47 Å². The van der Waals surface area contributed by atoms with E-state index in [0.29, 0.717) is 0 Å². The Labute approximate surface area is 141 Å². The lowest BCUT2D eigenvalue weighted by Crippen LogP contribution is -2.12. The normalized spacial score (nSPS) is 18.3. The summed E-state index contributed by atoms with van der Waals surface area (Å²) in [5.41, 5.74) is 2.00. The Balaban J connectivity index is 2.07. The summed E-state index contributed by atoms with van der Waals surface area (Å²) in [6.45, 7) is 0. The lowest BCUT2D eigenvalue weighted by atomic mass is 9.85. The van der Waals surface area contributed by atoms with Crippen molar-refractivity contribution in [2.24, 2.45) is 5.92 Å². The van der Waals surface area contributed by atoms with E-state index >= 15 is 0 Å². The summed E-state index contributed by atoms with van der Waals surface area (Å²) in [6.07, 6.45) is 3.87. The Hall–Kier alpha value is -2.75. The molecule has 1 unspecified atom stereocenters. The number of hydrogen-bond donors (Lipinski definition) is 1. The fraction of sp³-hybridized carbons (Fsp3) is 0.250. The van der Waals surface area contributed by atoms with E-state index in [1.54, 1.807) is 20.3 Å². The number of methoxy groups -OCH3 is 2. The van der Waals surface area contributed by atoms with E-state index in [-0.39, 0.29) is 11.3 Å². The molecule has 1 N–H and O–H groups in total. The number of carboxylic acid groups (broad SMARTS) is 1. The summed E-state index contributed by atoms with van der Waals surface area (Å²) in [7, 11) is 3.29. The first-order valence-corrected chi connectivity index (χ1v) is 7.80. The minimum atomic E-state index is -0.924. The zero-order chi connectivity index (χ0) is 17.2. The van der Waals surface area contributed by atoms with Crippen LogP contribution in [-0.4, -0.2) is 25.3 Å². The minimum Gasteiger partial charge on any atom is -0.497 e. The first kappa shape index (κ1) is 16.1. The maximum Gasteiger partial charge on any atom is 0.327 e. The Morgan fingerprint density at radius 2 is 1.62 bits per heavy atom. The van der Waals surface area contributed by atoms with E-state index in [4.69, 9.17) is 14.6 Å². The van der Waals surface area contributed by atoms with E-state index in [9.17, 15) is 4.79 Å². The Kier molecular flexibility index (Phi) is 4.30. The molecule has 0 radical (unpaired) electrons. The predicted octanol–water partition coefficient (Wildman–Crippen LogP) is 3.65. The van der Waals surface area contributed by atoms with Gasteiger partial charge in [0.2, 0.25) is 0 Å². The molecule has 1 atom stereocenters. The van der Waals surface area contributed by atoms with Gasteiger partial charge < -0.3 is 14.6 Å². The average molecular weight is 324 g/mol. The standard InChI is InChI=1S/C20H20O4/c1-23-17-7-3-5-14(11-17)20(13-16(20)9-10-19(21)22)15-6-4-8-18(12-15)24-2/h3-12,16H,13H2,1-2H3,(H,21,22)/b10-9+. The van der Waals surface area contributed by atoms with Gasteiger partial charge in [0, 0.05) is 11.5 Å². The zero-order valence-corrected chi connectivity index (χ0v) is 13.7. The van der Waals surface area contributed by atoms with Crippen LogP contribution in [0.1, 0.15) is 17.5 Å². The molecule has 0 saturated heterocycles. The average Bonchev–Trinajstić information content (AvgIpc) is 3.36. The molecule has 2 aromatic carbocycles. The Bertz CT molecular complexity index is 731. The number of aliphatic carboxylic acids is 1. The van der Waals surface area contributed by atoms with Gasteiger partial charge in [-0.1, -0.05) is 30.3 Å². The van der Waals surface area contributed by atoms with Crippen molar-refractivity contribution < 1.29 is 19.4 Å². The summed E-state index contributed by atoms with van der Waals surface area (Å²) >= 11 is 0. The number of rotatable bonds is 6. The van der Waals surface area contributed by atoms with Gasteiger partial charge >= 0.3 is 5.97 Å². The molecule has 4 nitrogen and oxygen atoms in total. The van der Waals surface area contributed by atoms with E-state index in [0.717, 1.165) is 29.0 Å². The van der Waals surface area contributed by atoms with Gasteiger partial charge in [0.25, 0.3) is 0 Å². The molecule has 1 fully saturated rings. The van der Waals surface area contributed by atoms with Gasteiger partial charge in [-0.05, 0) is 47.7 Å². The highest BCUT2D eigenvalue weighted by Crippen LogP contribution is 2.60. The van der Waals surface area contributed by atoms with Gasteiger partial charge in [-0.15, -0.1) is 0 Å². The minimum absolute atomic E-state index is 0.132. The number of carboxylic acids is 1. The molecule has 4 heteroatoms. The maximum atomic E-state index is 10.9. The largest absolute Gasteiger partial charge is 0.497 e. The molecule has 124 valence electrons. The highest BCUT2D eigenvalue weighted by atomic mass is 16.5. The molecule has 2 aromatic rings. The third-order valence-corrected chi connectivity index (χ3v) is 4.66. The highest BCUT2D eigenvalue weighted by molar-refractivity contribution is 5.80. The molecule has 0 aliphatic heterocycles. The van der Waals surface area contributed by atoms with E-state index in [1.165, 1.54) is 6.08 Å². The second kappa shape index (κ2) is 6.40. The van der Waals surface area contributed by atoms with Crippen molar-refractivity contribution in [1.82, 2.24) is 0 Å². The summed E-state index contributed by atoms with van der Waals surface area (Å²) in [4.78, 5) is 10.9. The monoisotopic (exact) mass is 324 g/mol. The lowest BCUT2D eigenvalue weighted by Gasteiger charge is -2.19. The number of benzene rings is 2. The molecule has 0 amide bonds. The van der Waals surface area contributed by atoms with Crippen molar-refractivity contribution in [2.75, 3.05) is 14.2 Å². The van der Waals surface area contributed by atoms with Gasteiger partial charge in [0.05, 0.1) is 14.2 Å². The van der Waals surface area contributed by atoms with Gasteiger partial charge in [0.1, 0.15) is 11.5 Å². The number of hydrogen-bond acceptors (Lipinski definition) is 3. The van der Waals surface area contributed by atoms with Crippen LogP contribution in [0.3, 0.4) is 0 Å². The molecule has 3 rings (SSSR count). The molecule has 0 spiro atoms. The number of allylic oxidation sites excluding steroid dienone is 1. The van der Waals surface area contributed by atoms with Crippen LogP contribution in [0.15, 0.2) is 60.7 Å². The van der Waals surface area contributed by atoms with Crippen molar-refractivity contribution >= 4 is 5.97 Å². The molecule has 1 aliphatic carbocycles. The number of ether oxygens (including phenoxy) is 2. The smallest absolute Gasteiger partial charge is 0.327 e. The fourth-order valence-electron chi connectivity index (χ4n) is 3.35. The first-order valence-electron chi connectivity index (χ1n) is 7.80. The molecule has 1 aliphatic rings. The lowest BCUT2D eigenvalue weighted by molar-refractivity contribution is -0.131. The molecule has 0 heterocycles. The fourth-order valence-corrected chi connectivity index (χ4v) is 3.35. The zero-order valence-electron chi connectivity index (χ0n) is 13.7. The van der Waals surface area contributed by atoms with Crippen LogP contribution in [-0.2, 0) is 10.2 Å². The summed E-state index contributed by atoms with van der Waals surface area (Å²) in [5.74, 6) is 0.796. The molecule has 24 heavy (non-hydrogen) atoms. The third kappa shape index (κ3) is 2.87. The van der Waals surface area contributed by atoms with Crippen LogP contribution in [0.2, 0.25) is 0 Å². The molecular weight excluding hydrogens is 304 g/mol. The van der Waals surface area contributed by atoms with Crippen LogP contribution in [0, 0.1) is 5.92 Å². The highest BCUT2D eigenvalue weighted by Gasteiger charge is 2.55. The van der Waals surface area contributed by atoms with Crippen LogP contribution in [0.25, 0.3) is 0 Å². The molecule has 0 bridgehead atoms. The van der Waals surface area contributed by atoms with Crippen molar-refractivity contribution in [3.05, 3.63) is 71.8 Å². The van der Waals surface area contributed by atoms with Crippen molar-refractivity contribution in [1.29, 1.82) is 0 Å². The molecular formula is C20H20O4. The van der Waals surface area contributed by atoms with Gasteiger partial charge in [-0.25, -0.2) is 4.79 Å². The van der Waals surface area contributed by atoms with Gasteiger partial charge in [0.15, 0.2) is 0 Å². The van der Waals surface area contributed by atoms with Crippen LogP contribution in [0.5, 0.6) is 11.5 Å².